The zero-order valence-electron chi connectivity index (χ0n) is 18.0. The van der Waals surface area contributed by atoms with Crippen molar-refractivity contribution in [2.24, 2.45) is 0 Å². The zero-order chi connectivity index (χ0) is 22.4. The van der Waals surface area contributed by atoms with Crippen LogP contribution in [0, 0.1) is 11.3 Å². The van der Waals surface area contributed by atoms with E-state index in [0.29, 0.717) is 24.4 Å². The first-order chi connectivity index (χ1) is 15.0. The van der Waals surface area contributed by atoms with Crippen LogP contribution in [0.5, 0.6) is 0 Å². The van der Waals surface area contributed by atoms with E-state index < -0.39 is 12.0 Å². The van der Waals surface area contributed by atoms with Gasteiger partial charge in [0, 0.05) is 6.42 Å². The van der Waals surface area contributed by atoms with Gasteiger partial charge in [0.1, 0.15) is 5.82 Å². The van der Waals surface area contributed by atoms with Crippen LogP contribution in [0.2, 0.25) is 0 Å². The van der Waals surface area contributed by atoms with Gasteiger partial charge < -0.3 is 4.74 Å². The van der Waals surface area contributed by atoms with E-state index in [9.17, 15) is 14.9 Å². The van der Waals surface area contributed by atoms with Crippen molar-refractivity contribution in [1.29, 1.82) is 5.26 Å². The van der Waals surface area contributed by atoms with Crippen molar-refractivity contribution in [3.05, 3.63) is 76.0 Å². The normalized spacial score (nSPS) is 11.7. The lowest BCUT2D eigenvalue weighted by Gasteiger charge is -2.08. The molecule has 0 saturated carbocycles. The fourth-order valence-electron chi connectivity index (χ4n) is 3.46. The number of hydrogen-bond acceptors (Lipinski definition) is 5. The third-order valence-corrected chi connectivity index (χ3v) is 5.28. The largest absolute Gasteiger partial charge is 0.467 e. The van der Waals surface area contributed by atoms with Crippen molar-refractivity contribution >= 4 is 5.97 Å². The third kappa shape index (κ3) is 4.75. The number of benzene rings is 2. The Morgan fingerprint density at radius 1 is 1.19 bits per heavy atom. The van der Waals surface area contributed by atoms with Gasteiger partial charge >= 0.3 is 11.7 Å². The van der Waals surface area contributed by atoms with Crippen molar-refractivity contribution in [2.75, 3.05) is 7.11 Å². The molecule has 0 aliphatic rings. The van der Waals surface area contributed by atoms with E-state index in [0.717, 1.165) is 29.5 Å². The molecule has 0 aliphatic carbocycles. The van der Waals surface area contributed by atoms with Crippen LogP contribution >= 0.6 is 0 Å². The van der Waals surface area contributed by atoms with Crippen LogP contribution in [0.3, 0.4) is 0 Å². The highest BCUT2D eigenvalue weighted by Gasteiger charge is 2.23. The molecule has 31 heavy (non-hydrogen) atoms. The van der Waals surface area contributed by atoms with Gasteiger partial charge in [-0.1, -0.05) is 55.8 Å². The number of methoxy groups -OCH3 is 1. The molecule has 3 rings (SSSR count). The van der Waals surface area contributed by atoms with Crippen LogP contribution in [0.4, 0.5) is 0 Å². The monoisotopic (exact) mass is 418 g/mol. The summed E-state index contributed by atoms with van der Waals surface area (Å²) in [6.45, 7) is 4.04. The highest BCUT2D eigenvalue weighted by atomic mass is 16.5. The van der Waals surface area contributed by atoms with Crippen molar-refractivity contribution < 1.29 is 9.53 Å². The topological polar surface area (TPSA) is 89.9 Å². The molecular formula is C24H26N4O3. The summed E-state index contributed by atoms with van der Waals surface area (Å²) >= 11 is 0. The highest BCUT2D eigenvalue weighted by Crippen LogP contribution is 2.23. The quantitative estimate of drug-likeness (QED) is 0.520. The van der Waals surface area contributed by atoms with Crippen LogP contribution in [-0.4, -0.2) is 27.4 Å². The maximum atomic E-state index is 13.0. The number of ether oxygens (including phenoxy) is 1. The molecule has 0 aliphatic heterocycles. The Morgan fingerprint density at radius 3 is 2.55 bits per heavy atom. The fraction of sp³-hybridized carbons (Fsp3) is 0.333. The summed E-state index contributed by atoms with van der Waals surface area (Å²) in [6.07, 6.45) is 2.52. The van der Waals surface area contributed by atoms with Crippen molar-refractivity contribution in [3.8, 4) is 17.2 Å². The van der Waals surface area contributed by atoms with Crippen LogP contribution in [-0.2, 0) is 22.5 Å². The molecule has 3 aromatic rings. The average molecular weight is 418 g/mol. The second-order valence-corrected chi connectivity index (χ2v) is 7.39. The Morgan fingerprint density at radius 2 is 1.90 bits per heavy atom. The molecule has 0 radical (unpaired) electrons. The van der Waals surface area contributed by atoms with Crippen LogP contribution < -0.4 is 5.69 Å². The summed E-state index contributed by atoms with van der Waals surface area (Å²) in [4.78, 5) is 24.9. The number of carbonyl (C=O) groups excluding carboxylic acids is 1. The summed E-state index contributed by atoms with van der Waals surface area (Å²) in [5.74, 6) is 0.149. The molecule has 160 valence electrons. The molecule has 0 amide bonds. The summed E-state index contributed by atoms with van der Waals surface area (Å²) in [5, 5.41) is 13.8. The molecule has 2 aromatic carbocycles. The number of esters is 1. The van der Waals surface area contributed by atoms with Gasteiger partial charge in [0.05, 0.1) is 25.3 Å². The van der Waals surface area contributed by atoms with Crippen LogP contribution in [0.15, 0.2) is 53.3 Å². The van der Waals surface area contributed by atoms with Gasteiger partial charge in [-0.05, 0) is 36.1 Å². The van der Waals surface area contributed by atoms with E-state index in [2.05, 4.69) is 18.1 Å². The molecule has 0 fully saturated rings. The van der Waals surface area contributed by atoms with E-state index >= 15 is 0 Å². The summed E-state index contributed by atoms with van der Waals surface area (Å²) in [5.41, 5.74) is 3.03. The van der Waals surface area contributed by atoms with Crippen LogP contribution in [0.25, 0.3) is 11.1 Å². The minimum Gasteiger partial charge on any atom is -0.467 e. The summed E-state index contributed by atoms with van der Waals surface area (Å²) in [6, 6.07) is 16.7. The Bertz CT molecular complexity index is 1150. The summed E-state index contributed by atoms with van der Waals surface area (Å²) < 4.78 is 7.59. The van der Waals surface area contributed by atoms with Gasteiger partial charge in [-0.3, -0.25) is 4.57 Å². The number of aryl methyl sites for hydroxylation is 1. The molecule has 0 bridgehead atoms. The van der Waals surface area contributed by atoms with E-state index in [4.69, 9.17) is 4.74 Å². The number of nitrogens with zero attached hydrogens (tertiary/aromatic N) is 4. The molecule has 7 nitrogen and oxygen atoms in total. The predicted octanol–water partition coefficient (Wildman–Crippen LogP) is 3.71. The zero-order valence-corrected chi connectivity index (χ0v) is 18.0. The summed E-state index contributed by atoms with van der Waals surface area (Å²) in [7, 11) is 1.30. The Hall–Kier alpha value is -3.66. The first kappa shape index (κ1) is 22.0. The van der Waals surface area contributed by atoms with Crippen molar-refractivity contribution in [3.63, 3.8) is 0 Å². The average Bonchev–Trinajstić information content (AvgIpc) is 3.12. The lowest BCUT2D eigenvalue weighted by atomic mass is 9.99. The molecule has 1 unspecified atom stereocenters. The van der Waals surface area contributed by atoms with Gasteiger partial charge in [0.15, 0.2) is 6.04 Å². The minimum atomic E-state index is -0.788. The fourth-order valence-corrected chi connectivity index (χ4v) is 3.46. The maximum Gasteiger partial charge on any atom is 0.347 e. The van der Waals surface area contributed by atoms with E-state index in [1.54, 1.807) is 17.6 Å². The number of aromatic nitrogens is 3. The lowest BCUT2D eigenvalue weighted by Crippen LogP contribution is -2.31. The number of rotatable bonds is 8. The Labute approximate surface area is 181 Å². The second-order valence-electron chi connectivity index (χ2n) is 7.39. The standard InChI is InChI=1S/C24H26N4O3/c1-4-5-10-22-26-28(17(2)23(29)31-3)24(30)27(22)16-18-11-13-19(14-12-18)21-9-7-6-8-20(21)15-25/h6-9,11-14,17H,4-5,10,16H2,1-3H3. The van der Waals surface area contributed by atoms with Crippen molar-refractivity contribution in [1.82, 2.24) is 14.3 Å². The van der Waals surface area contributed by atoms with Gasteiger partial charge in [0.2, 0.25) is 0 Å². The molecule has 0 spiro atoms. The van der Waals surface area contributed by atoms with Gasteiger partial charge in [-0.15, -0.1) is 0 Å². The smallest absolute Gasteiger partial charge is 0.347 e. The third-order valence-electron chi connectivity index (χ3n) is 5.28. The Kier molecular flexibility index (Phi) is 7.03. The van der Waals surface area contributed by atoms with Crippen LogP contribution in [0.1, 0.15) is 49.7 Å². The number of hydrogen-bond donors (Lipinski definition) is 0. The first-order valence-electron chi connectivity index (χ1n) is 10.3. The molecule has 7 heteroatoms. The molecule has 1 heterocycles. The van der Waals surface area contributed by atoms with E-state index in [1.807, 2.05) is 42.5 Å². The number of unbranched alkanes of at least 4 members (excludes halogenated alkanes) is 1. The Balaban J connectivity index is 1.92. The first-order valence-corrected chi connectivity index (χ1v) is 10.3. The lowest BCUT2D eigenvalue weighted by molar-refractivity contribution is -0.144. The number of nitriles is 1. The molecule has 0 saturated heterocycles. The molecule has 0 N–H and O–H groups in total. The minimum absolute atomic E-state index is 0.331. The van der Waals surface area contributed by atoms with Gasteiger partial charge in [0.25, 0.3) is 0 Å². The molecule has 1 atom stereocenters. The SMILES string of the molecule is CCCCc1nn(C(C)C(=O)OC)c(=O)n1Cc1ccc(-c2ccccc2C#N)cc1. The highest BCUT2D eigenvalue weighted by molar-refractivity contribution is 5.73. The van der Waals surface area contributed by atoms with Gasteiger partial charge in [-0.25, -0.2) is 9.59 Å². The van der Waals surface area contributed by atoms with E-state index in [-0.39, 0.29) is 5.69 Å². The molecular weight excluding hydrogens is 392 g/mol. The second kappa shape index (κ2) is 9.90. The molecule has 1 aromatic heterocycles. The number of carbonyl (C=O) groups is 1. The van der Waals surface area contributed by atoms with Gasteiger partial charge in [-0.2, -0.15) is 15.0 Å². The predicted molar refractivity (Wildman–Crippen MR) is 118 cm³/mol. The maximum absolute atomic E-state index is 13.0. The van der Waals surface area contributed by atoms with Crippen molar-refractivity contribution in [2.45, 2.75) is 45.7 Å². The van der Waals surface area contributed by atoms with E-state index in [1.165, 1.54) is 11.8 Å².